The molecule has 0 rings (SSSR count). The average Bonchev–Trinajstić information content (AvgIpc) is 2.39. The monoisotopic (exact) mass is 338 g/mol. The van der Waals surface area contributed by atoms with Gasteiger partial charge in [-0.1, -0.05) is 0 Å². The molecule has 23 heavy (non-hydrogen) atoms. The van der Waals surface area contributed by atoms with Crippen LogP contribution >= 0.6 is 0 Å². The Morgan fingerprint density at radius 3 is 0.826 bits per heavy atom. The van der Waals surface area contributed by atoms with Gasteiger partial charge in [0.15, 0.2) is 0 Å². The lowest BCUT2D eigenvalue weighted by atomic mass is 10.2. The Balaban J connectivity index is -0.000000273. The van der Waals surface area contributed by atoms with Crippen molar-refractivity contribution in [2.45, 2.75) is 44.9 Å². The largest absolute Gasteiger partial charge is 0.481 e. The fourth-order valence-electron chi connectivity index (χ4n) is 0.900. The van der Waals surface area contributed by atoms with Crippen LogP contribution in [0.2, 0.25) is 0 Å². The molecular weight excluding hydrogens is 312 g/mol. The van der Waals surface area contributed by atoms with E-state index in [0.29, 0.717) is 0 Å². The van der Waals surface area contributed by atoms with E-state index in [0.717, 1.165) is 19.5 Å². The Morgan fingerprint density at radius 2 is 0.739 bits per heavy atom. The number of hydrogen-bond donors (Lipinski definition) is 6. The number of nitrogens with two attached hydrogens (primary N) is 2. The highest BCUT2D eigenvalue weighted by Gasteiger charge is 2.00. The lowest BCUT2D eigenvalue weighted by molar-refractivity contribution is -0.140. The predicted molar refractivity (Wildman–Crippen MR) is 81.0 cm³/mol. The highest BCUT2D eigenvalue weighted by molar-refractivity contribution is 5.70. The molecule has 0 saturated heterocycles. The molecule has 0 aromatic carbocycles. The van der Waals surface area contributed by atoms with Crippen molar-refractivity contribution in [3.05, 3.63) is 0 Å². The van der Waals surface area contributed by atoms with E-state index in [2.05, 4.69) is 0 Å². The van der Waals surface area contributed by atoms with E-state index in [1.807, 2.05) is 0 Å². The van der Waals surface area contributed by atoms with Crippen LogP contribution in [0.15, 0.2) is 0 Å². The summed E-state index contributed by atoms with van der Waals surface area (Å²) in [6.45, 7) is 1.44. The summed E-state index contributed by atoms with van der Waals surface area (Å²) in [6, 6.07) is 0. The van der Waals surface area contributed by atoms with Gasteiger partial charge in [0.1, 0.15) is 0 Å². The number of carboxylic acid groups (broad SMARTS) is 4. The number of carboxylic acids is 4. The van der Waals surface area contributed by atoms with E-state index in [4.69, 9.17) is 31.9 Å². The van der Waals surface area contributed by atoms with E-state index >= 15 is 0 Å². The first-order valence-corrected chi connectivity index (χ1v) is 6.94. The number of rotatable bonds is 10. The van der Waals surface area contributed by atoms with Crippen LogP contribution in [0.4, 0.5) is 0 Å². The second kappa shape index (κ2) is 19.8. The van der Waals surface area contributed by atoms with E-state index in [1.165, 1.54) is 0 Å². The summed E-state index contributed by atoms with van der Waals surface area (Å²) in [5.41, 5.74) is 10.1. The van der Waals surface area contributed by atoms with Gasteiger partial charge in [-0.15, -0.1) is 0 Å². The van der Waals surface area contributed by atoms with Crippen molar-refractivity contribution in [3.8, 4) is 0 Å². The molecule has 8 N–H and O–H groups in total. The molecule has 0 unspecified atom stereocenters. The van der Waals surface area contributed by atoms with Gasteiger partial charge in [-0.05, 0) is 32.4 Å². The van der Waals surface area contributed by atoms with Crippen LogP contribution in [0.3, 0.4) is 0 Å². The molecular formula is C13H26N2O8. The molecule has 0 aromatic heterocycles. The number of hydrogen-bond acceptors (Lipinski definition) is 6. The quantitative estimate of drug-likeness (QED) is 0.313. The van der Waals surface area contributed by atoms with Gasteiger partial charge in [-0.2, -0.15) is 0 Å². The summed E-state index contributed by atoms with van der Waals surface area (Å²) in [4.78, 5) is 39.2. The molecule has 0 radical (unpaired) electrons. The van der Waals surface area contributed by atoms with Crippen molar-refractivity contribution < 1.29 is 39.6 Å². The predicted octanol–water partition coefficient (Wildman–Crippen LogP) is -0.0543. The van der Waals surface area contributed by atoms with Crippen LogP contribution in [-0.4, -0.2) is 57.4 Å². The lowest BCUT2D eigenvalue weighted by Crippen LogP contribution is -2.06. The Morgan fingerprint density at radius 1 is 0.522 bits per heavy atom. The second-order valence-electron chi connectivity index (χ2n) is 4.21. The topological polar surface area (TPSA) is 201 Å². The third kappa shape index (κ3) is 45.1. The molecule has 0 aliphatic carbocycles. The molecule has 136 valence electrons. The molecule has 0 fully saturated rings. The van der Waals surface area contributed by atoms with Crippen molar-refractivity contribution in [1.29, 1.82) is 0 Å². The number of aliphatic carboxylic acids is 4. The van der Waals surface area contributed by atoms with E-state index in [1.54, 1.807) is 0 Å². The summed E-state index contributed by atoms with van der Waals surface area (Å²) >= 11 is 0. The van der Waals surface area contributed by atoms with Crippen molar-refractivity contribution in [2.75, 3.05) is 13.1 Å². The van der Waals surface area contributed by atoms with Gasteiger partial charge in [0.05, 0.1) is 0 Å². The summed E-state index contributed by atoms with van der Waals surface area (Å²) < 4.78 is 0. The fraction of sp³-hybridized carbons (Fsp3) is 0.692. The van der Waals surface area contributed by atoms with Gasteiger partial charge in [-0.25, -0.2) is 0 Å². The zero-order valence-electron chi connectivity index (χ0n) is 12.9. The van der Waals surface area contributed by atoms with Crippen LogP contribution < -0.4 is 11.5 Å². The van der Waals surface area contributed by atoms with E-state index in [9.17, 15) is 19.2 Å². The molecule has 0 saturated carbocycles. The highest BCUT2D eigenvalue weighted by Crippen LogP contribution is 1.94. The van der Waals surface area contributed by atoms with Gasteiger partial charge in [-0.3, -0.25) is 19.2 Å². The molecule has 0 atom stereocenters. The smallest absolute Gasteiger partial charge is 0.303 e. The SMILES string of the molecule is NCCCN.O=C(O)CCCC(=O)O.O=C(O)CCCC(=O)O. The molecule has 10 nitrogen and oxygen atoms in total. The molecule has 10 heteroatoms. The second-order valence-corrected chi connectivity index (χ2v) is 4.21. The third-order valence-corrected chi connectivity index (χ3v) is 1.97. The lowest BCUT2D eigenvalue weighted by Gasteiger charge is -1.89. The summed E-state index contributed by atoms with van der Waals surface area (Å²) in [5, 5.41) is 32.1. The minimum absolute atomic E-state index is 0.0632. The van der Waals surface area contributed by atoms with Crippen molar-refractivity contribution >= 4 is 23.9 Å². The molecule has 0 heterocycles. The Bertz CT molecular complexity index is 287. The van der Waals surface area contributed by atoms with E-state index in [-0.39, 0.29) is 38.5 Å². The van der Waals surface area contributed by atoms with E-state index < -0.39 is 23.9 Å². The zero-order valence-corrected chi connectivity index (χ0v) is 12.9. The normalized spacial score (nSPS) is 8.78. The minimum atomic E-state index is -0.948. The molecule has 0 spiro atoms. The number of carbonyl (C=O) groups is 4. The van der Waals surface area contributed by atoms with Crippen molar-refractivity contribution in [2.24, 2.45) is 11.5 Å². The standard InChI is InChI=1S/2C5H8O4.C3H10N2/c2*6-4(7)2-1-3-5(8)9;4-2-1-3-5/h2*1-3H2,(H,6,7)(H,8,9);1-5H2. The minimum Gasteiger partial charge on any atom is -0.481 e. The van der Waals surface area contributed by atoms with Gasteiger partial charge >= 0.3 is 23.9 Å². The van der Waals surface area contributed by atoms with Crippen molar-refractivity contribution in [1.82, 2.24) is 0 Å². The molecule has 0 aliphatic rings. The Labute approximate surface area is 134 Å². The molecule has 0 amide bonds. The summed E-state index contributed by atoms with van der Waals surface area (Å²) in [5.74, 6) is -3.79. The average molecular weight is 338 g/mol. The fourth-order valence-corrected chi connectivity index (χ4v) is 0.900. The van der Waals surface area contributed by atoms with Gasteiger partial charge < -0.3 is 31.9 Å². The summed E-state index contributed by atoms with van der Waals surface area (Å²) in [7, 11) is 0. The molecule has 0 aliphatic heterocycles. The van der Waals surface area contributed by atoms with Crippen LogP contribution in [0.25, 0.3) is 0 Å². The third-order valence-electron chi connectivity index (χ3n) is 1.97. The summed E-state index contributed by atoms with van der Waals surface area (Å²) in [6.07, 6.45) is 1.12. The highest BCUT2D eigenvalue weighted by atomic mass is 16.4. The Hall–Kier alpha value is -2.20. The molecule has 0 bridgehead atoms. The first kappa shape index (κ1) is 25.7. The Kier molecular flexibility index (Phi) is 22.2. The van der Waals surface area contributed by atoms with Crippen LogP contribution in [-0.2, 0) is 19.2 Å². The van der Waals surface area contributed by atoms with Gasteiger partial charge in [0.25, 0.3) is 0 Å². The first-order valence-electron chi connectivity index (χ1n) is 6.94. The molecule has 0 aromatic rings. The van der Waals surface area contributed by atoms with Gasteiger partial charge in [0.2, 0.25) is 0 Å². The van der Waals surface area contributed by atoms with Crippen molar-refractivity contribution in [3.63, 3.8) is 0 Å². The van der Waals surface area contributed by atoms with Gasteiger partial charge in [0, 0.05) is 25.7 Å². The first-order chi connectivity index (χ1) is 10.7. The van der Waals surface area contributed by atoms with Crippen LogP contribution in [0.1, 0.15) is 44.9 Å². The zero-order chi connectivity index (χ0) is 18.7. The maximum absolute atomic E-state index is 9.79. The maximum atomic E-state index is 9.79. The van der Waals surface area contributed by atoms with Crippen LogP contribution in [0, 0.1) is 0 Å². The maximum Gasteiger partial charge on any atom is 0.303 e. The van der Waals surface area contributed by atoms with Crippen LogP contribution in [0.5, 0.6) is 0 Å².